The minimum absolute atomic E-state index is 0.0253. The molecule has 4 atom stereocenters. The van der Waals surface area contributed by atoms with E-state index in [9.17, 15) is 18.3 Å². The Bertz CT molecular complexity index is 2230. The number of amides is 1. The van der Waals surface area contributed by atoms with E-state index in [1.165, 1.54) is 12.1 Å². The molecular weight excluding hydrogens is 739 g/mol. The van der Waals surface area contributed by atoms with Crippen LogP contribution in [0.2, 0.25) is 0 Å². The topological polar surface area (TPSA) is 127 Å². The summed E-state index contributed by atoms with van der Waals surface area (Å²) >= 11 is 3.35. The first-order valence-electron chi connectivity index (χ1n) is 17.7. The van der Waals surface area contributed by atoms with Crippen LogP contribution >= 0.6 is 23.1 Å². The highest BCUT2D eigenvalue weighted by atomic mass is 32.2. The monoisotopic (exact) mass is 779 g/mol. The zero-order chi connectivity index (χ0) is 37.5. The predicted molar refractivity (Wildman–Crippen MR) is 212 cm³/mol. The SMILES string of the molecule is Cc1ccc(S(=O)(=O)N[C@H](Cc2ccccc2)C(=O)NCc2ccc([C@@H]3O[C@H](CSc4nc5ccccc5s4)C[C@H](c4ccc(CO)cc4)O3)cc2)cc1. The molecule has 7 rings (SSSR count). The van der Waals surface area contributed by atoms with E-state index in [2.05, 4.69) is 16.1 Å². The Labute approximate surface area is 323 Å². The van der Waals surface area contributed by atoms with Crippen LogP contribution in [0.5, 0.6) is 0 Å². The first-order valence-corrected chi connectivity index (χ1v) is 21.0. The molecule has 0 spiro atoms. The first-order chi connectivity index (χ1) is 26.2. The van der Waals surface area contributed by atoms with Gasteiger partial charge in [0.25, 0.3) is 0 Å². The summed E-state index contributed by atoms with van der Waals surface area (Å²) in [4.78, 5) is 18.4. The molecule has 5 aromatic carbocycles. The van der Waals surface area contributed by atoms with Crippen LogP contribution in [0.15, 0.2) is 137 Å². The molecule has 54 heavy (non-hydrogen) atoms. The number of sulfonamides is 1. The molecule has 0 aliphatic carbocycles. The maximum absolute atomic E-state index is 13.6. The number of hydrogen-bond acceptors (Lipinski definition) is 9. The predicted octanol–water partition coefficient (Wildman–Crippen LogP) is 7.64. The van der Waals surface area contributed by atoms with Crippen LogP contribution in [0, 0.1) is 6.92 Å². The molecule has 1 fully saturated rings. The second-order valence-corrected chi connectivity index (χ2v) is 17.3. The van der Waals surface area contributed by atoms with Gasteiger partial charge in [0.1, 0.15) is 6.04 Å². The number of aliphatic hydroxyl groups excluding tert-OH is 1. The van der Waals surface area contributed by atoms with Gasteiger partial charge in [0.2, 0.25) is 15.9 Å². The second-order valence-electron chi connectivity index (χ2n) is 13.2. The molecule has 1 aliphatic heterocycles. The molecule has 12 heteroatoms. The van der Waals surface area contributed by atoms with Crippen LogP contribution in [0.1, 0.15) is 52.2 Å². The number of hydrogen-bond donors (Lipinski definition) is 3. The van der Waals surface area contributed by atoms with Crippen molar-refractivity contribution in [3.8, 4) is 0 Å². The highest BCUT2D eigenvalue weighted by Gasteiger charge is 2.33. The summed E-state index contributed by atoms with van der Waals surface area (Å²) in [7, 11) is -3.96. The number of nitrogens with zero attached hydrogens (tertiary/aromatic N) is 1. The van der Waals surface area contributed by atoms with Crippen molar-refractivity contribution in [2.75, 3.05) is 5.75 Å². The van der Waals surface area contributed by atoms with E-state index in [0.29, 0.717) is 12.2 Å². The Morgan fingerprint density at radius 1 is 0.852 bits per heavy atom. The lowest BCUT2D eigenvalue weighted by molar-refractivity contribution is -0.245. The van der Waals surface area contributed by atoms with E-state index in [1.54, 1.807) is 35.2 Å². The van der Waals surface area contributed by atoms with Gasteiger partial charge >= 0.3 is 0 Å². The van der Waals surface area contributed by atoms with Crippen LogP contribution in [0.25, 0.3) is 10.2 Å². The fourth-order valence-corrected chi connectivity index (χ4v) is 9.52. The summed E-state index contributed by atoms with van der Waals surface area (Å²) in [6.45, 7) is 2.06. The van der Waals surface area contributed by atoms with Gasteiger partial charge in [0.05, 0.1) is 33.9 Å². The van der Waals surface area contributed by atoms with E-state index in [-0.39, 0.29) is 36.7 Å². The second kappa shape index (κ2) is 17.4. The third-order valence-corrected chi connectivity index (χ3v) is 13.0. The van der Waals surface area contributed by atoms with Crippen molar-refractivity contribution in [1.29, 1.82) is 0 Å². The number of aromatic nitrogens is 1. The summed E-state index contributed by atoms with van der Waals surface area (Å²) in [5.41, 5.74) is 6.28. The lowest BCUT2D eigenvalue weighted by atomic mass is 10.0. The lowest BCUT2D eigenvalue weighted by Gasteiger charge is -2.36. The normalized spacial score (nSPS) is 18.0. The Hall–Kier alpha value is -4.40. The van der Waals surface area contributed by atoms with Crippen molar-refractivity contribution >= 4 is 49.2 Å². The minimum Gasteiger partial charge on any atom is -0.392 e. The van der Waals surface area contributed by atoms with Crippen LogP contribution in [-0.2, 0) is 43.9 Å². The van der Waals surface area contributed by atoms with E-state index >= 15 is 0 Å². The summed E-state index contributed by atoms with van der Waals surface area (Å²) in [6, 6.07) is 38.5. The number of benzene rings is 5. The number of thiazole rings is 1. The molecule has 0 unspecified atom stereocenters. The molecule has 1 amide bonds. The average Bonchev–Trinajstić information content (AvgIpc) is 3.63. The summed E-state index contributed by atoms with van der Waals surface area (Å²) in [5, 5.41) is 12.5. The van der Waals surface area contributed by atoms with Gasteiger partial charge in [-0.1, -0.05) is 120 Å². The smallest absolute Gasteiger partial charge is 0.241 e. The fraction of sp³-hybridized carbons (Fsp3) is 0.238. The molecule has 0 saturated carbocycles. The zero-order valence-electron chi connectivity index (χ0n) is 29.6. The van der Waals surface area contributed by atoms with E-state index in [0.717, 1.165) is 47.9 Å². The highest BCUT2D eigenvalue weighted by Crippen LogP contribution is 2.40. The number of carbonyl (C=O) groups excluding carboxylic acids is 1. The molecule has 0 radical (unpaired) electrons. The van der Waals surface area contributed by atoms with Gasteiger partial charge in [-0.2, -0.15) is 4.72 Å². The molecule has 1 aromatic heterocycles. The van der Waals surface area contributed by atoms with Crippen molar-refractivity contribution in [3.05, 3.63) is 161 Å². The Kier molecular flexibility index (Phi) is 12.2. The van der Waals surface area contributed by atoms with Gasteiger partial charge in [0, 0.05) is 24.3 Å². The maximum atomic E-state index is 13.6. The summed E-state index contributed by atoms with van der Waals surface area (Å²) in [6.07, 6.45) is -0.115. The van der Waals surface area contributed by atoms with Crippen molar-refractivity contribution in [1.82, 2.24) is 15.0 Å². The molecule has 278 valence electrons. The number of para-hydroxylation sites is 1. The molecule has 0 bridgehead atoms. The van der Waals surface area contributed by atoms with Crippen LogP contribution in [-0.4, -0.2) is 42.3 Å². The number of rotatable bonds is 14. The standard InChI is InChI=1S/C42H41N3O6S3/c1-28-11-21-35(22-12-28)54(48,49)45-37(23-29-7-3-2-4-8-29)40(47)43-25-30-13-19-33(20-14-30)41-50-34(24-38(51-41)32-17-15-31(26-46)16-18-32)27-52-42-44-36-9-5-6-10-39(36)53-42/h2-22,34,37-38,41,45-46H,23-27H2,1H3,(H,43,47)/t34-,37+,38+,41+/m0/s1. The van der Waals surface area contributed by atoms with Gasteiger partial charge in [-0.3, -0.25) is 4.79 Å². The van der Waals surface area contributed by atoms with E-state index < -0.39 is 28.3 Å². The Balaban J connectivity index is 1.03. The molecule has 1 saturated heterocycles. The number of nitrogens with one attached hydrogen (secondary N) is 2. The average molecular weight is 780 g/mol. The van der Waals surface area contributed by atoms with E-state index in [1.807, 2.05) is 104 Å². The quantitative estimate of drug-likeness (QED) is 0.0964. The van der Waals surface area contributed by atoms with Gasteiger partial charge in [-0.15, -0.1) is 11.3 Å². The number of aliphatic hydroxyl groups is 1. The third kappa shape index (κ3) is 9.63. The molecule has 1 aliphatic rings. The highest BCUT2D eigenvalue weighted by molar-refractivity contribution is 8.01. The van der Waals surface area contributed by atoms with Crippen LogP contribution < -0.4 is 10.0 Å². The molecule has 6 aromatic rings. The number of ether oxygens (including phenoxy) is 2. The number of aryl methyl sites for hydroxylation is 1. The van der Waals surface area contributed by atoms with Crippen molar-refractivity contribution in [3.63, 3.8) is 0 Å². The number of thioether (sulfide) groups is 1. The number of carbonyl (C=O) groups is 1. The zero-order valence-corrected chi connectivity index (χ0v) is 32.1. The maximum Gasteiger partial charge on any atom is 0.241 e. The van der Waals surface area contributed by atoms with Crippen molar-refractivity contribution in [2.24, 2.45) is 0 Å². The third-order valence-electron chi connectivity index (χ3n) is 9.23. The lowest BCUT2D eigenvalue weighted by Crippen LogP contribution is -2.47. The van der Waals surface area contributed by atoms with Gasteiger partial charge < -0.3 is 19.9 Å². The largest absolute Gasteiger partial charge is 0.392 e. The van der Waals surface area contributed by atoms with Crippen molar-refractivity contribution < 1.29 is 27.8 Å². The minimum atomic E-state index is -3.96. The Morgan fingerprint density at radius 3 is 2.26 bits per heavy atom. The summed E-state index contributed by atoms with van der Waals surface area (Å²) < 4.78 is 44.4. The van der Waals surface area contributed by atoms with Gasteiger partial charge in [-0.25, -0.2) is 13.4 Å². The molecule has 9 nitrogen and oxygen atoms in total. The first kappa shape index (κ1) is 37.9. The molecular formula is C42H41N3O6S3. The summed E-state index contributed by atoms with van der Waals surface area (Å²) in [5.74, 6) is 0.272. The van der Waals surface area contributed by atoms with Crippen LogP contribution in [0.4, 0.5) is 0 Å². The van der Waals surface area contributed by atoms with Crippen molar-refractivity contribution in [2.45, 2.75) is 66.7 Å². The Morgan fingerprint density at radius 2 is 1.54 bits per heavy atom. The van der Waals surface area contributed by atoms with E-state index in [4.69, 9.17) is 14.5 Å². The number of fused-ring (bicyclic) bond motifs is 1. The molecule has 2 heterocycles. The van der Waals surface area contributed by atoms with Crippen LogP contribution in [0.3, 0.4) is 0 Å². The fourth-order valence-electron chi connectivity index (χ4n) is 6.22. The van der Waals surface area contributed by atoms with Gasteiger partial charge in [-0.05, 0) is 59.9 Å². The molecule has 3 N–H and O–H groups in total. The van der Waals surface area contributed by atoms with Gasteiger partial charge in [0.15, 0.2) is 10.6 Å².